The molecule has 2 aromatic rings. The van der Waals surface area contributed by atoms with Crippen molar-refractivity contribution in [3.8, 4) is 11.5 Å². The van der Waals surface area contributed by atoms with Crippen LogP contribution in [0.2, 0.25) is 5.02 Å². The maximum Gasteiger partial charge on any atom is 0.146 e. The van der Waals surface area contributed by atoms with E-state index in [1.165, 1.54) is 31.2 Å². The molecule has 0 aliphatic rings. The Morgan fingerprint density at radius 2 is 1.85 bits per heavy atom. The van der Waals surface area contributed by atoms with E-state index in [1.807, 2.05) is 0 Å². The Bertz CT molecular complexity index is 642. The van der Waals surface area contributed by atoms with Crippen molar-refractivity contribution in [1.82, 2.24) is 0 Å². The summed E-state index contributed by atoms with van der Waals surface area (Å²) in [5, 5.41) is 9.77. The SMILES string of the molecule is Cc1cc(Oc2ccc(F)cc2Cl)c(C(C)O)cc1F. The fourth-order valence-electron chi connectivity index (χ4n) is 1.76. The highest BCUT2D eigenvalue weighted by atomic mass is 35.5. The summed E-state index contributed by atoms with van der Waals surface area (Å²) < 4.78 is 32.1. The van der Waals surface area contributed by atoms with Crippen LogP contribution in [0.1, 0.15) is 24.2 Å². The topological polar surface area (TPSA) is 29.5 Å². The Labute approximate surface area is 120 Å². The fraction of sp³-hybridized carbons (Fsp3) is 0.200. The highest BCUT2D eigenvalue weighted by molar-refractivity contribution is 6.32. The van der Waals surface area contributed by atoms with E-state index in [0.29, 0.717) is 11.1 Å². The summed E-state index contributed by atoms with van der Waals surface area (Å²) >= 11 is 5.88. The van der Waals surface area contributed by atoms with Crippen LogP contribution in [0.4, 0.5) is 8.78 Å². The monoisotopic (exact) mass is 298 g/mol. The van der Waals surface area contributed by atoms with E-state index in [9.17, 15) is 13.9 Å². The summed E-state index contributed by atoms with van der Waals surface area (Å²) in [6.07, 6.45) is -0.903. The van der Waals surface area contributed by atoms with E-state index in [1.54, 1.807) is 6.92 Å². The maximum absolute atomic E-state index is 13.5. The number of hydrogen-bond acceptors (Lipinski definition) is 2. The molecular weight excluding hydrogens is 286 g/mol. The molecule has 0 radical (unpaired) electrons. The molecule has 1 unspecified atom stereocenters. The zero-order valence-corrected chi connectivity index (χ0v) is 11.7. The Kier molecular flexibility index (Phi) is 4.26. The van der Waals surface area contributed by atoms with E-state index in [4.69, 9.17) is 16.3 Å². The van der Waals surface area contributed by atoms with Crippen LogP contribution in [0.25, 0.3) is 0 Å². The van der Waals surface area contributed by atoms with Crippen molar-refractivity contribution < 1.29 is 18.6 Å². The summed E-state index contributed by atoms with van der Waals surface area (Å²) in [6, 6.07) is 6.39. The number of hydrogen-bond donors (Lipinski definition) is 1. The lowest BCUT2D eigenvalue weighted by Gasteiger charge is -2.15. The van der Waals surface area contributed by atoms with Gasteiger partial charge in [-0.25, -0.2) is 8.78 Å². The van der Waals surface area contributed by atoms with Crippen molar-refractivity contribution in [3.63, 3.8) is 0 Å². The third kappa shape index (κ3) is 3.08. The number of halogens is 3. The molecule has 0 saturated heterocycles. The van der Waals surface area contributed by atoms with Crippen molar-refractivity contribution in [2.24, 2.45) is 0 Å². The van der Waals surface area contributed by atoms with E-state index < -0.39 is 17.7 Å². The van der Waals surface area contributed by atoms with Gasteiger partial charge in [-0.15, -0.1) is 0 Å². The molecule has 2 rings (SSSR count). The van der Waals surface area contributed by atoms with Crippen molar-refractivity contribution in [2.45, 2.75) is 20.0 Å². The van der Waals surface area contributed by atoms with Gasteiger partial charge in [-0.1, -0.05) is 11.6 Å². The van der Waals surface area contributed by atoms with Gasteiger partial charge in [-0.2, -0.15) is 0 Å². The molecule has 0 heterocycles. The number of aliphatic hydroxyl groups excluding tert-OH is 1. The molecule has 2 nitrogen and oxygen atoms in total. The molecule has 0 aliphatic heterocycles. The highest BCUT2D eigenvalue weighted by Gasteiger charge is 2.15. The van der Waals surface area contributed by atoms with Gasteiger partial charge in [0.1, 0.15) is 23.1 Å². The first kappa shape index (κ1) is 14.8. The van der Waals surface area contributed by atoms with Gasteiger partial charge in [-0.05, 0) is 49.7 Å². The number of ether oxygens (including phenoxy) is 1. The Balaban J connectivity index is 2.44. The zero-order valence-electron chi connectivity index (χ0n) is 11.0. The Hall–Kier alpha value is -1.65. The van der Waals surface area contributed by atoms with Gasteiger partial charge in [0.05, 0.1) is 11.1 Å². The average molecular weight is 299 g/mol. The van der Waals surface area contributed by atoms with Gasteiger partial charge in [0.15, 0.2) is 0 Å². The van der Waals surface area contributed by atoms with Gasteiger partial charge in [0.25, 0.3) is 0 Å². The van der Waals surface area contributed by atoms with Gasteiger partial charge in [-0.3, -0.25) is 0 Å². The minimum atomic E-state index is -0.903. The molecule has 0 aliphatic carbocycles. The molecule has 20 heavy (non-hydrogen) atoms. The molecular formula is C15H13ClF2O2. The largest absolute Gasteiger partial charge is 0.455 e. The number of aliphatic hydroxyl groups is 1. The molecule has 1 N–H and O–H groups in total. The summed E-state index contributed by atoms with van der Waals surface area (Å²) in [7, 11) is 0. The van der Waals surface area contributed by atoms with Crippen LogP contribution in [-0.4, -0.2) is 5.11 Å². The molecule has 0 spiro atoms. The van der Waals surface area contributed by atoms with Crippen LogP contribution in [0.3, 0.4) is 0 Å². The van der Waals surface area contributed by atoms with Gasteiger partial charge < -0.3 is 9.84 Å². The third-order valence-electron chi connectivity index (χ3n) is 2.85. The number of rotatable bonds is 3. The zero-order chi connectivity index (χ0) is 14.9. The van der Waals surface area contributed by atoms with Crippen LogP contribution >= 0.6 is 11.6 Å². The second-order valence-corrected chi connectivity index (χ2v) is 4.90. The van der Waals surface area contributed by atoms with Crippen LogP contribution in [0, 0.1) is 18.6 Å². The lowest BCUT2D eigenvalue weighted by atomic mass is 10.1. The molecule has 0 fully saturated rings. The van der Waals surface area contributed by atoms with E-state index in [0.717, 1.165) is 6.07 Å². The first-order valence-electron chi connectivity index (χ1n) is 5.99. The molecule has 0 bridgehead atoms. The average Bonchev–Trinajstić information content (AvgIpc) is 2.36. The predicted molar refractivity (Wildman–Crippen MR) is 73.3 cm³/mol. The van der Waals surface area contributed by atoms with Crippen molar-refractivity contribution in [2.75, 3.05) is 0 Å². The number of benzene rings is 2. The molecule has 0 amide bonds. The second kappa shape index (κ2) is 5.77. The lowest BCUT2D eigenvalue weighted by Crippen LogP contribution is -1.99. The Morgan fingerprint density at radius 1 is 1.15 bits per heavy atom. The lowest BCUT2D eigenvalue weighted by molar-refractivity contribution is 0.195. The van der Waals surface area contributed by atoms with Crippen LogP contribution in [-0.2, 0) is 0 Å². The molecule has 0 saturated carbocycles. The maximum atomic E-state index is 13.5. The second-order valence-electron chi connectivity index (χ2n) is 4.49. The normalized spacial score (nSPS) is 12.3. The standard InChI is InChI=1S/C15H13ClF2O2/c1-8-5-15(11(9(2)19)7-13(8)18)20-14-4-3-10(17)6-12(14)16/h3-7,9,19H,1-2H3. The van der Waals surface area contributed by atoms with Crippen molar-refractivity contribution >= 4 is 11.6 Å². The molecule has 2 aromatic carbocycles. The summed E-state index contributed by atoms with van der Waals surface area (Å²) in [5.41, 5.74) is 0.677. The van der Waals surface area contributed by atoms with Gasteiger partial charge >= 0.3 is 0 Å². The van der Waals surface area contributed by atoms with Crippen LogP contribution in [0.5, 0.6) is 11.5 Å². The van der Waals surface area contributed by atoms with E-state index in [2.05, 4.69) is 0 Å². The van der Waals surface area contributed by atoms with Gasteiger partial charge in [0.2, 0.25) is 0 Å². The minimum absolute atomic E-state index is 0.100. The smallest absolute Gasteiger partial charge is 0.146 e. The predicted octanol–water partition coefficient (Wildman–Crippen LogP) is 4.77. The first-order valence-corrected chi connectivity index (χ1v) is 6.37. The van der Waals surface area contributed by atoms with Crippen LogP contribution < -0.4 is 4.74 Å². The third-order valence-corrected chi connectivity index (χ3v) is 3.15. The van der Waals surface area contributed by atoms with Gasteiger partial charge in [0, 0.05) is 5.56 Å². The van der Waals surface area contributed by atoms with Crippen LogP contribution in [0.15, 0.2) is 30.3 Å². The minimum Gasteiger partial charge on any atom is -0.455 e. The quantitative estimate of drug-likeness (QED) is 0.884. The van der Waals surface area contributed by atoms with Crippen molar-refractivity contribution in [1.29, 1.82) is 0 Å². The summed E-state index contributed by atoms with van der Waals surface area (Å²) in [5.74, 6) is -0.389. The van der Waals surface area contributed by atoms with E-state index in [-0.39, 0.29) is 16.5 Å². The molecule has 106 valence electrons. The summed E-state index contributed by atoms with van der Waals surface area (Å²) in [6.45, 7) is 3.09. The number of aryl methyl sites for hydroxylation is 1. The molecule has 0 aromatic heterocycles. The molecule has 5 heteroatoms. The molecule has 1 atom stereocenters. The highest BCUT2D eigenvalue weighted by Crippen LogP contribution is 2.35. The fourth-order valence-corrected chi connectivity index (χ4v) is 1.97. The Morgan fingerprint density at radius 3 is 2.45 bits per heavy atom. The van der Waals surface area contributed by atoms with Crippen molar-refractivity contribution in [3.05, 3.63) is 58.1 Å². The van der Waals surface area contributed by atoms with E-state index >= 15 is 0 Å². The first-order chi connectivity index (χ1) is 9.38. The summed E-state index contributed by atoms with van der Waals surface area (Å²) in [4.78, 5) is 0.